The lowest BCUT2D eigenvalue weighted by atomic mass is 9.34. The molecule has 0 aromatic heterocycles. The Morgan fingerprint density at radius 1 is 0.925 bits per heavy atom. The zero-order chi connectivity index (χ0) is 39.1. The lowest BCUT2D eigenvalue weighted by Crippen LogP contribution is -2.67. The molecule has 7 rings (SSSR count). The van der Waals surface area contributed by atoms with Crippen molar-refractivity contribution in [2.75, 3.05) is 13.7 Å². The minimum absolute atomic E-state index is 0.274. The molecule has 53 heavy (non-hydrogen) atoms. The number of ether oxygens (including phenoxy) is 1. The number of allylic oxidation sites excluding steroid dienone is 5. The Morgan fingerprint density at radius 3 is 2.25 bits per heavy atom. The van der Waals surface area contributed by atoms with Gasteiger partial charge < -0.3 is 15.2 Å². The molecule has 10 atom stereocenters. The molecule has 6 aliphatic carbocycles. The van der Waals surface area contributed by atoms with Crippen LogP contribution in [0.4, 0.5) is 4.39 Å². The minimum atomic E-state index is -0.630. The molecule has 0 spiro atoms. The van der Waals surface area contributed by atoms with Gasteiger partial charge in [-0.1, -0.05) is 89.6 Å². The maximum Gasteiger partial charge on any atom is 0.293 e. The van der Waals surface area contributed by atoms with Crippen molar-refractivity contribution >= 4 is 6.47 Å². The van der Waals surface area contributed by atoms with E-state index in [1.165, 1.54) is 83.5 Å². The van der Waals surface area contributed by atoms with E-state index >= 15 is 0 Å². The number of rotatable bonds is 7. The van der Waals surface area contributed by atoms with Gasteiger partial charge in [0.15, 0.2) is 0 Å². The van der Waals surface area contributed by atoms with Gasteiger partial charge in [0.25, 0.3) is 6.47 Å². The van der Waals surface area contributed by atoms with Crippen molar-refractivity contribution in [2.24, 2.45) is 51.8 Å². The molecule has 4 saturated carbocycles. The van der Waals surface area contributed by atoms with E-state index in [-0.39, 0.29) is 5.54 Å². The first-order valence-corrected chi connectivity index (χ1v) is 21.1. The van der Waals surface area contributed by atoms with Crippen molar-refractivity contribution in [2.45, 2.75) is 157 Å². The molecule has 8 unspecified atom stereocenters. The van der Waals surface area contributed by atoms with Crippen molar-refractivity contribution < 1.29 is 19.0 Å². The molecule has 0 radical (unpaired) electrons. The van der Waals surface area contributed by atoms with Crippen molar-refractivity contribution in [1.29, 1.82) is 0 Å². The average molecular weight is 734 g/mol. The highest BCUT2D eigenvalue weighted by molar-refractivity contribution is 5.38. The number of halogens is 1. The number of benzene rings is 1. The Hall–Kier alpha value is -2.24. The predicted molar refractivity (Wildman–Crippen MR) is 220 cm³/mol. The number of alkyl halides is 1. The summed E-state index contributed by atoms with van der Waals surface area (Å²) in [5.41, 5.74) is 5.47. The highest BCUT2D eigenvalue weighted by atomic mass is 19.1. The SMILES string of the molecule is C=CC.CC1CC=C(C2=CCC3(C)C(CCC4(C)C3CCC3[C@H]5CCCC5(NCC(C)(C)O)CC[C@]34C)C2C)CC1.CF.O=COCc1ccccc1. The third kappa shape index (κ3) is 8.93. The second-order valence-electron chi connectivity index (χ2n) is 19.1. The average Bonchev–Trinajstić information content (AvgIpc) is 3.57. The van der Waals surface area contributed by atoms with Crippen molar-refractivity contribution in [3.05, 3.63) is 71.8 Å². The fraction of sp³-hybridized carbons (Fsp3) is 0.729. The molecule has 1 aromatic carbocycles. The molecule has 0 aliphatic heterocycles. The van der Waals surface area contributed by atoms with Crippen LogP contribution in [0, 0.1) is 51.8 Å². The van der Waals surface area contributed by atoms with Gasteiger partial charge in [0.2, 0.25) is 0 Å². The number of nitrogens with one attached hydrogen (secondary N) is 1. The highest BCUT2D eigenvalue weighted by Gasteiger charge is 2.68. The van der Waals surface area contributed by atoms with Crippen LogP contribution >= 0.6 is 0 Å². The summed E-state index contributed by atoms with van der Waals surface area (Å²) in [6.45, 7) is 24.0. The third-order valence-corrected chi connectivity index (χ3v) is 15.6. The second-order valence-corrected chi connectivity index (χ2v) is 19.1. The number of fused-ring (bicyclic) bond motifs is 7. The van der Waals surface area contributed by atoms with Crippen LogP contribution < -0.4 is 5.32 Å². The maximum atomic E-state index is 10.5. The van der Waals surface area contributed by atoms with Gasteiger partial charge in [-0.2, -0.15) is 0 Å². The van der Waals surface area contributed by atoms with Crippen LogP contribution in [0.3, 0.4) is 0 Å². The zero-order valence-electron chi connectivity index (χ0n) is 35.1. The van der Waals surface area contributed by atoms with Crippen LogP contribution in [0.5, 0.6) is 0 Å². The Kier molecular flexibility index (Phi) is 14.9. The van der Waals surface area contributed by atoms with Crippen molar-refractivity contribution in [3.63, 3.8) is 0 Å². The Bertz CT molecular complexity index is 1400. The smallest absolute Gasteiger partial charge is 0.293 e. The number of hydrogen-bond acceptors (Lipinski definition) is 4. The van der Waals surface area contributed by atoms with Gasteiger partial charge in [-0.25, -0.2) is 0 Å². The Morgan fingerprint density at radius 2 is 1.62 bits per heavy atom. The molecule has 0 amide bonds. The van der Waals surface area contributed by atoms with Crippen LogP contribution in [-0.4, -0.2) is 36.4 Å². The summed E-state index contributed by atoms with van der Waals surface area (Å²) < 4.78 is 14.0. The number of β-amino-alcohol motifs (C(OH)–C–C–N with tert-alkyl or cyclic N) is 1. The summed E-state index contributed by atoms with van der Waals surface area (Å²) >= 11 is 0. The van der Waals surface area contributed by atoms with E-state index in [0.717, 1.165) is 47.6 Å². The molecular formula is C48H76FNO3. The van der Waals surface area contributed by atoms with E-state index in [1.54, 1.807) is 17.2 Å². The van der Waals surface area contributed by atoms with Crippen LogP contribution in [-0.2, 0) is 16.1 Å². The molecule has 4 nitrogen and oxygen atoms in total. The summed E-state index contributed by atoms with van der Waals surface area (Å²) in [7, 11) is 0.500. The standard InChI is InChI=1S/C36H59NO.C8H8O2.C3H6.CH3F/c1-24-10-12-26(13-11-24)27-16-19-33(5)28(25(27)2)17-20-35(7)31(33)15-14-29-30-9-8-18-36(30,22-21-34(29,35)6)37-23-32(3,4)38;9-7-10-6-8-4-2-1-3-5-8;1-3-2;1-2/h12,16,24-25,28-31,37-38H,8-11,13-15,17-23H2,1-7H3;1-5,7H,6H2;3H,1H2,2H3;1H3/t24?,25?,28?,29?,30-,31?,33?,34-,35?,36?;;;/m1.../s1. The third-order valence-electron chi connectivity index (χ3n) is 15.6. The van der Waals surface area contributed by atoms with Gasteiger partial charge >= 0.3 is 0 Å². The van der Waals surface area contributed by atoms with Crippen LogP contribution in [0.1, 0.15) is 144 Å². The molecule has 2 N–H and O–H groups in total. The van der Waals surface area contributed by atoms with Gasteiger partial charge in [-0.3, -0.25) is 9.18 Å². The monoisotopic (exact) mass is 734 g/mol. The first-order valence-electron chi connectivity index (χ1n) is 21.1. The van der Waals surface area contributed by atoms with E-state index in [9.17, 15) is 14.3 Å². The van der Waals surface area contributed by atoms with E-state index < -0.39 is 5.60 Å². The summed E-state index contributed by atoms with van der Waals surface area (Å²) in [5, 5.41) is 14.6. The van der Waals surface area contributed by atoms with Gasteiger partial charge in [0.05, 0.1) is 12.8 Å². The van der Waals surface area contributed by atoms with Gasteiger partial charge in [0, 0.05) is 12.1 Å². The quantitative estimate of drug-likeness (QED) is 0.216. The van der Waals surface area contributed by atoms with Gasteiger partial charge in [-0.15, -0.1) is 6.58 Å². The van der Waals surface area contributed by atoms with Crippen LogP contribution in [0.2, 0.25) is 0 Å². The largest absolute Gasteiger partial charge is 0.463 e. The van der Waals surface area contributed by atoms with Crippen molar-refractivity contribution in [1.82, 2.24) is 5.32 Å². The molecule has 4 fully saturated rings. The van der Waals surface area contributed by atoms with Crippen molar-refractivity contribution in [3.8, 4) is 0 Å². The van der Waals surface area contributed by atoms with E-state index in [4.69, 9.17) is 0 Å². The molecule has 5 heteroatoms. The van der Waals surface area contributed by atoms with E-state index in [0.29, 0.717) is 36.5 Å². The molecule has 298 valence electrons. The summed E-state index contributed by atoms with van der Waals surface area (Å²) in [4.78, 5) is 9.76. The van der Waals surface area contributed by atoms with Crippen LogP contribution in [0.15, 0.2) is 66.3 Å². The number of aliphatic hydroxyl groups is 1. The molecule has 0 heterocycles. The Balaban J connectivity index is 0.000000354. The van der Waals surface area contributed by atoms with Gasteiger partial charge in [0.1, 0.15) is 6.61 Å². The minimum Gasteiger partial charge on any atom is -0.463 e. The molecule has 0 saturated heterocycles. The van der Waals surface area contributed by atoms with Crippen LogP contribution in [0.25, 0.3) is 0 Å². The second kappa shape index (κ2) is 18.1. The van der Waals surface area contributed by atoms with Gasteiger partial charge in [-0.05, 0) is 166 Å². The summed E-state index contributed by atoms with van der Waals surface area (Å²) in [5.74, 6) is 4.94. The molecule has 0 bridgehead atoms. The highest BCUT2D eigenvalue weighted by Crippen LogP contribution is 2.75. The Labute approximate surface area is 323 Å². The maximum absolute atomic E-state index is 10.5. The lowest BCUT2D eigenvalue weighted by molar-refractivity contribution is -0.213. The summed E-state index contributed by atoms with van der Waals surface area (Å²) in [6, 6.07) is 9.55. The first-order chi connectivity index (χ1) is 25.2. The van der Waals surface area contributed by atoms with E-state index in [1.807, 2.05) is 51.1 Å². The molecular weight excluding hydrogens is 658 g/mol. The fourth-order valence-electron chi connectivity index (χ4n) is 12.9. The number of hydrogen-bond donors (Lipinski definition) is 2. The predicted octanol–water partition coefficient (Wildman–Crippen LogP) is 12.0. The topological polar surface area (TPSA) is 58.6 Å². The normalized spacial score (nSPS) is 38.4. The summed E-state index contributed by atoms with van der Waals surface area (Å²) in [6.07, 6.45) is 24.9. The van der Waals surface area contributed by atoms with E-state index in [2.05, 4.69) is 63.4 Å². The zero-order valence-corrected chi connectivity index (χ0v) is 35.1. The fourth-order valence-corrected chi connectivity index (χ4v) is 12.9. The number of carbonyl (C=O) groups is 1. The first kappa shape index (κ1) is 43.5. The molecule has 6 aliphatic rings. The number of carbonyl (C=O) groups excluding carboxylic acids is 1. The lowest BCUT2D eigenvalue weighted by Gasteiger charge is -2.71. The molecule has 1 aromatic rings.